The lowest BCUT2D eigenvalue weighted by Crippen LogP contribution is -2.45. The van der Waals surface area contributed by atoms with Gasteiger partial charge in [-0.3, -0.25) is 0 Å². The van der Waals surface area contributed by atoms with Crippen molar-refractivity contribution >= 4 is 20.4 Å². The molecule has 0 radical (unpaired) electrons. The van der Waals surface area contributed by atoms with Crippen LogP contribution in [0.5, 0.6) is 0 Å². The summed E-state index contributed by atoms with van der Waals surface area (Å²) < 4.78 is 11.0. The second kappa shape index (κ2) is 7.05. The molecule has 0 heterocycles. The summed E-state index contributed by atoms with van der Waals surface area (Å²) in [5.74, 6) is -0.355. The monoisotopic (exact) mass is 306 g/mol. The predicted octanol–water partition coefficient (Wildman–Crippen LogP) is 4.26. The van der Waals surface area contributed by atoms with E-state index in [-0.39, 0.29) is 11.0 Å². The maximum atomic E-state index is 12.0. The molecule has 1 rings (SSSR count). The van der Waals surface area contributed by atoms with E-state index in [1.165, 1.54) is 7.11 Å². The molecule has 0 aromatic heterocycles. The molecule has 0 aliphatic carbocycles. The molecule has 0 aliphatic heterocycles. The minimum atomic E-state index is -2.04. The van der Waals surface area contributed by atoms with E-state index in [1.807, 2.05) is 36.4 Å². The first kappa shape index (κ1) is 17.7. The van der Waals surface area contributed by atoms with Crippen LogP contribution in [-0.2, 0) is 14.0 Å². The number of benzene rings is 1. The van der Waals surface area contributed by atoms with Gasteiger partial charge in [0.05, 0.1) is 7.11 Å². The number of methoxy groups -OCH3 is 1. The topological polar surface area (TPSA) is 35.5 Å². The Bertz CT molecular complexity index is 487. The molecule has 0 bridgehead atoms. The summed E-state index contributed by atoms with van der Waals surface area (Å²) in [6.45, 7) is 10.7. The Morgan fingerprint density at radius 3 is 2.24 bits per heavy atom. The first-order chi connectivity index (χ1) is 9.67. The van der Waals surface area contributed by atoms with Crippen LogP contribution in [0.1, 0.15) is 26.3 Å². The Morgan fingerprint density at radius 2 is 1.76 bits per heavy atom. The van der Waals surface area contributed by atoms with Crippen LogP contribution in [0.15, 0.2) is 36.4 Å². The van der Waals surface area contributed by atoms with Gasteiger partial charge >= 0.3 is 5.97 Å². The maximum absolute atomic E-state index is 12.0. The van der Waals surface area contributed by atoms with E-state index in [0.29, 0.717) is 0 Å². The Morgan fingerprint density at radius 1 is 1.19 bits per heavy atom. The number of carbonyl (C=O) groups is 1. The lowest BCUT2D eigenvalue weighted by molar-refractivity contribution is -0.147. The summed E-state index contributed by atoms with van der Waals surface area (Å²) in [5.41, 5.74) is 1.03. The fourth-order valence-electron chi connectivity index (χ4n) is 1.54. The van der Waals surface area contributed by atoms with E-state index in [4.69, 9.17) is 9.16 Å². The number of hydrogen-bond acceptors (Lipinski definition) is 3. The highest BCUT2D eigenvalue weighted by atomic mass is 28.4. The van der Waals surface area contributed by atoms with Gasteiger partial charge in [0.2, 0.25) is 0 Å². The van der Waals surface area contributed by atoms with Crippen molar-refractivity contribution < 1.29 is 14.0 Å². The molecule has 1 aromatic carbocycles. The average molecular weight is 306 g/mol. The number of ether oxygens (including phenoxy) is 1. The van der Waals surface area contributed by atoms with Crippen molar-refractivity contribution in [2.45, 2.75) is 45.0 Å². The number of rotatable bonds is 5. The molecule has 0 fully saturated rings. The Balaban J connectivity index is 2.92. The minimum Gasteiger partial charge on any atom is -0.467 e. The van der Waals surface area contributed by atoms with Crippen LogP contribution in [-0.4, -0.2) is 27.5 Å². The maximum Gasteiger partial charge on any atom is 0.337 e. The summed E-state index contributed by atoms with van der Waals surface area (Å²) >= 11 is 0. The van der Waals surface area contributed by atoms with Crippen LogP contribution >= 0.6 is 0 Å². The van der Waals surface area contributed by atoms with E-state index in [9.17, 15) is 4.79 Å². The van der Waals surface area contributed by atoms with Crippen molar-refractivity contribution in [2.24, 2.45) is 0 Å². The summed E-state index contributed by atoms with van der Waals surface area (Å²) in [7, 11) is -0.648. The number of carbonyl (C=O) groups excluding carboxylic acids is 1. The van der Waals surface area contributed by atoms with E-state index in [1.54, 1.807) is 6.08 Å². The van der Waals surface area contributed by atoms with Gasteiger partial charge in [0.15, 0.2) is 14.4 Å². The zero-order valence-corrected chi connectivity index (χ0v) is 14.8. The van der Waals surface area contributed by atoms with Crippen molar-refractivity contribution in [1.29, 1.82) is 0 Å². The molecule has 1 aromatic rings. The molecule has 0 saturated carbocycles. The van der Waals surface area contributed by atoms with Gasteiger partial charge in [-0.1, -0.05) is 57.2 Å². The molecule has 1 unspecified atom stereocenters. The molecule has 21 heavy (non-hydrogen) atoms. The van der Waals surface area contributed by atoms with Crippen LogP contribution in [0, 0.1) is 0 Å². The third-order valence-corrected chi connectivity index (χ3v) is 8.38. The Labute approximate surface area is 129 Å². The molecular weight excluding hydrogens is 280 g/mol. The number of esters is 1. The summed E-state index contributed by atoms with van der Waals surface area (Å²) in [4.78, 5) is 12.0. The lowest BCUT2D eigenvalue weighted by Gasteiger charge is -2.37. The second-order valence-corrected chi connectivity index (χ2v) is 11.3. The summed E-state index contributed by atoms with van der Waals surface area (Å²) in [5, 5.41) is 0.0415. The second-order valence-electron chi connectivity index (χ2n) is 6.59. The Hall–Kier alpha value is -1.39. The van der Waals surface area contributed by atoms with E-state index in [0.717, 1.165) is 5.56 Å². The molecule has 0 saturated heterocycles. The highest BCUT2D eigenvalue weighted by molar-refractivity contribution is 6.74. The quantitative estimate of drug-likeness (QED) is 0.602. The average Bonchev–Trinajstić information content (AvgIpc) is 2.42. The fraction of sp³-hybridized carbons (Fsp3) is 0.471. The van der Waals surface area contributed by atoms with E-state index in [2.05, 4.69) is 33.9 Å². The van der Waals surface area contributed by atoms with Gasteiger partial charge < -0.3 is 9.16 Å². The first-order valence-corrected chi connectivity index (χ1v) is 10.1. The van der Waals surface area contributed by atoms with Gasteiger partial charge in [-0.15, -0.1) is 0 Å². The van der Waals surface area contributed by atoms with E-state index < -0.39 is 14.4 Å². The molecule has 1 atom stereocenters. The molecule has 0 spiro atoms. The molecule has 0 aliphatic rings. The Kier molecular flexibility index (Phi) is 5.93. The highest BCUT2D eigenvalue weighted by Crippen LogP contribution is 2.37. The summed E-state index contributed by atoms with van der Waals surface area (Å²) in [6, 6.07) is 9.85. The van der Waals surface area contributed by atoms with Gasteiger partial charge in [0.25, 0.3) is 0 Å². The van der Waals surface area contributed by atoms with Crippen molar-refractivity contribution in [3.63, 3.8) is 0 Å². The zero-order chi connectivity index (χ0) is 16.1. The third kappa shape index (κ3) is 5.14. The van der Waals surface area contributed by atoms with Gasteiger partial charge in [-0.25, -0.2) is 4.79 Å². The summed E-state index contributed by atoms with van der Waals surface area (Å²) in [6.07, 6.45) is 3.02. The normalized spacial score (nSPS) is 14.2. The largest absolute Gasteiger partial charge is 0.467 e. The van der Waals surface area contributed by atoms with Crippen LogP contribution in [0.3, 0.4) is 0 Å². The molecule has 3 nitrogen and oxygen atoms in total. The van der Waals surface area contributed by atoms with Crippen molar-refractivity contribution in [1.82, 2.24) is 0 Å². The minimum absolute atomic E-state index is 0.0415. The van der Waals surface area contributed by atoms with Gasteiger partial charge in [0, 0.05) is 0 Å². The standard InChI is InChI=1S/C17H26O3Si/c1-17(2,3)21(5,6)20-15(16(18)19-4)13-12-14-10-8-7-9-11-14/h7-13,15H,1-6H3/b13-12+. The third-order valence-electron chi connectivity index (χ3n) is 3.92. The number of hydrogen-bond donors (Lipinski definition) is 0. The van der Waals surface area contributed by atoms with E-state index >= 15 is 0 Å². The highest BCUT2D eigenvalue weighted by Gasteiger charge is 2.40. The zero-order valence-electron chi connectivity index (χ0n) is 13.8. The van der Waals surface area contributed by atoms with Crippen molar-refractivity contribution in [3.8, 4) is 0 Å². The van der Waals surface area contributed by atoms with Gasteiger partial charge in [0.1, 0.15) is 0 Å². The molecule has 0 amide bonds. The molecule has 116 valence electrons. The van der Waals surface area contributed by atoms with Gasteiger partial charge in [-0.05, 0) is 29.8 Å². The SMILES string of the molecule is COC(=O)C(/C=C/c1ccccc1)O[Si](C)(C)C(C)(C)C. The predicted molar refractivity (Wildman–Crippen MR) is 89.6 cm³/mol. The molecule has 0 N–H and O–H groups in total. The van der Waals surface area contributed by atoms with Gasteiger partial charge in [-0.2, -0.15) is 0 Å². The fourth-order valence-corrected chi connectivity index (χ4v) is 2.70. The molecular formula is C17H26O3Si. The van der Waals surface area contributed by atoms with Crippen LogP contribution < -0.4 is 0 Å². The van der Waals surface area contributed by atoms with Crippen LogP contribution in [0.25, 0.3) is 6.08 Å². The smallest absolute Gasteiger partial charge is 0.337 e. The first-order valence-electron chi connectivity index (χ1n) is 7.16. The van der Waals surface area contributed by atoms with Crippen molar-refractivity contribution in [3.05, 3.63) is 42.0 Å². The van der Waals surface area contributed by atoms with Crippen molar-refractivity contribution in [2.75, 3.05) is 7.11 Å². The lowest BCUT2D eigenvalue weighted by atomic mass is 10.2. The molecule has 4 heteroatoms. The van der Waals surface area contributed by atoms with Crippen LogP contribution in [0.2, 0.25) is 18.1 Å². The van der Waals surface area contributed by atoms with Crippen LogP contribution in [0.4, 0.5) is 0 Å².